The summed E-state index contributed by atoms with van der Waals surface area (Å²) in [4.78, 5) is 0. The van der Waals surface area contributed by atoms with Crippen LogP contribution in [-0.4, -0.2) is 29.0 Å². The fourth-order valence-electron chi connectivity index (χ4n) is 2.76. The van der Waals surface area contributed by atoms with Gasteiger partial charge in [-0.25, -0.2) is 0 Å². The third kappa shape index (κ3) is 5.29. The first-order valence-electron chi connectivity index (χ1n) is 8.53. The van der Waals surface area contributed by atoms with Crippen molar-refractivity contribution >= 4 is 0 Å². The fourth-order valence-corrected chi connectivity index (χ4v) is 2.76. The molecular formula is C19H32O3. The Bertz CT molecular complexity index is 442. The van der Waals surface area contributed by atoms with Crippen molar-refractivity contribution in [3.05, 3.63) is 29.3 Å². The van der Waals surface area contributed by atoms with Gasteiger partial charge in [0, 0.05) is 0 Å². The quantitative estimate of drug-likeness (QED) is 0.718. The van der Waals surface area contributed by atoms with E-state index < -0.39 is 12.2 Å². The molecule has 0 spiro atoms. The predicted octanol–water partition coefficient (Wildman–Crippen LogP) is 4.22. The maximum absolute atomic E-state index is 10.1. The van der Waals surface area contributed by atoms with Gasteiger partial charge in [0.1, 0.15) is 5.75 Å². The minimum absolute atomic E-state index is 0.203. The molecule has 1 rings (SSSR count). The van der Waals surface area contributed by atoms with Crippen LogP contribution in [0.4, 0.5) is 0 Å². The molecule has 22 heavy (non-hydrogen) atoms. The van der Waals surface area contributed by atoms with Crippen LogP contribution in [0.3, 0.4) is 0 Å². The molecule has 0 heterocycles. The topological polar surface area (TPSA) is 49.7 Å². The first-order chi connectivity index (χ1) is 10.4. The van der Waals surface area contributed by atoms with Gasteiger partial charge in [0.2, 0.25) is 0 Å². The summed E-state index contributed by atoms with van der Waals surface area (Å²) in [6.07, 6.45) is 0.817. The Morgan fingerprint density at radius 1 is 1.05 bits per heavy atom. The van der Waals surface area contributed by atoms with Crippen LogP contribution in [-0.2, 0) is 0 Å². The normalized spacial score (nSPS) is 15.6. The molecular weight excluding hydrogens is 276 g/mol. The van der Waals surface area contributed by atoms with Crippen molar-refractivity contribution < 1.29 is 14.9 Å². The fraction of sp³-hybridized carbons (Fsp3) is 0.684. The van der Waals surface area contributed by atoms with E-state index >= 15 is 0 Å². The van der Waals surface area contributed by atoms with E-state index in [4.69, 9.17) is 4.74 Å². The molecule has 0 aliphatic rings. The Labute approximate surface area is 135 Å². The molecule has 0 radical (unpaired) electrons. The molecule has 3 heteroatoms. The number of ether oxygens (including phenoxy) is 1. The van der Waals surface area contributed by atoms with Crippen LogP contribution >= 0.6 is 0 Å². The lowest BCUT2D eigenvalue weighted by Gasteiger charge is -2.22. The highest BCUT2D eigenvalue weighted by Gasteiger charge is 2.20. The third-order valence-corrected chi connectivity index (χ3v) is 4.15. The molecule has 1 aromatic carbocycles. The van der Waals surface area contributed by atoms with Crippen molar-refractivity contribution in [3.8, 4) is 5.75 Å². The van der Waals surface area contributed by atoms with Crippen LogP contribution in [0.5, 0.6) is 5.75 Å². The highest BCUT2D eigenvalue weighted by Crippen LogP contribution is 2.32. The van der Waals surface area contributed by atoms with Gasteiger partial charge < -0.3 is 14.9 Å². The summed E-state index contributed by atoms with van der Waals surface area (Å²) in [5.41, 5.74) is 2.39. The van der Waals surface area contributed by atoms with Gasteiger partial charge in [-0.1, -0.05) is 46.2 Å². The van der Waals surface area contributed by atoms with E-state index in [0.29, 0.717) is 25.4 Å². The lowest BCUT2D eigenvalue weighted by atomic mass is 9.89. The highest BCUT2D eigenvalue weighted by molar-refractivity contribution is 5.40. The molecule has 0 amide bonds. The third-order valence-electron chi connectivity index (χ3n) is 4.15. The molecule has 3 nitrogen and oxygen atoms in total. The van der Waals surface area contributed by atoms with Crippen LogP contribution in [0.15, 0.2) is 18.2 Å². The maximum Gasteiger partial charge on any atom is 0.122 e. The van der Waals surface area contributed by atoms with Gasteiger partial charge in [0.15, 0.2) is 0 Å². The Morgan fingerprint density at radius 2 is 1.73 bits per heavy atom. The summed E-state index contributed by atoms with van der Waals surface area (Å²) in [5, 5.41) is 20.0. The van der Waals surface area contributed by atoms with Gasteiger partial charge in [-0.2, -0.15) is 0 Å². The molecule has 2 N–H and O–H groups in total. The first-order valence-corrected chi connectivity index (χ1v) is 8.53. The average Bonchev–Trinajstić information content (AvgIpc) is 2.47. The summed E-state index contributed by atoms with van der Waals surface area (Å²) in [6.45, 7) is 11.1. The Hall–Kier alpha value is -1.06. The SMILES string of the molecule is CCCC(O)C(O)CC(C)c1ccc(OCC)c(C(C)C)c1. The molecule has 1 aromatic rings. The molecule has 0 aliphatic carbocycles. The van der Waals surface area contributed by atoms with Gasteiger partial charge in [-0.05, 0) is 48.8 Å². The highest BCUT2D eigenvalue weighted by atomic mass is 16.5. The summed E-state index contributed by atoms with van der Waals surface area (Å²) in [6, 6.07) is 6.28. The van der Waals surface area contributed by atoms with Crippen molar-refractivity contribution in [2.75, 3.05) is 6.61 Å². The second-order valence-electron chi connectivity index (χ2n) is 6.45. The lowest BCUT2D eigenvalue weighted by Crippen LogP contribution is -2.27. The number of rotatable bonds is 9. The standard InChI is InChI=1S/C19H32O3/c1-6-8-17(20)18(21)11-14(5)15-9-10-19(22-7-2)16(12-15)13(3)4/h9-10,12-14,17-18,20-21H,6-8,11H2,1-5H3. The van der Waals surface area contributed by atoms with Crippen LogP contribution in [0.1, 0.15) is 76.8 Å². The molecule has 0 saturated heterocycles. The van der Waals surface area contributed by atoms with Gasteiger partial charge >= 0.3 is 0 Å². The van der Waals surface area contributed by atoms with Crippen molar-refractivity contribution in [2.24, 2.45) is 0 Å². The summed E-state index contributed by atoms with van der Waals surface area (Å²) >= 11 is 0. The summed E-state index contributed by atoms with van der Waals surface area (Å²) < 4.78 is 5.69. The largest absolute Gasteiger partial charge is 0.494 e. The molecule has 3 unspecified atom stereocenters. The molecule has 0 bridgehead atoms. The zero-order valence-corrected chi connectivity index (χ0v) is 14.7. The van der Waals surface area contributed by atoms with E-state index in [1.54, 1.807) is 0 Å². The van der Waals surface area contributed by atoms with Gasteiger partial charge in [-0.15, -0.1) is 0 Å². The second kappa shape index (κ2) is 9.16. The van der Waals surface area contributed by atoms with Gasteiger partial charge in [-0.3, -0.25) is 0 Å². The Morgan fingerprint density at radius 3 is 2.27 bits per heavy atom. The minimum Gasteiger partial charge on any atom is -0.494 e. The second-order valence-corrected chi connectivity index (χ2v) is 6.45. The van der Waals surface area contributed by atoms with E-state index in [0.717, 1.165) is 12.2 Å². The smallest absolute Gasteiger partial charge is 0.122 e. The molecule has 0 saturated carbocycles. The van der Waals surface area contributed by atoms with Crippen molar-refractivity contribution in [1.29, 1.82) is 0 Å². The maximum atomic E-state index is 10.1. The van der Waals surface area contributed by atoms with Crippen LogP contribution in [0, 0.1) is 0 Å². The predicted molar refractivity (Wildman–Crippen MR) is 91.7 cm³/mol. The van der Waals surface area contributed by atoms with E-state index in [1.165, 1.54) is 11.1 Å². The molecule has 3 atom stereocenters. The molecule has 0 fully saturated rings. The molecule has 0 aromatic heterocycles. The van der Waals surface area contributed by atoms with Crippen LogP contribution in [0.25, 0.3) is 0 Å². The van der Waals surface area contributed by atoms with E-state index in [2.05, 4.69) is 32.9 Å². The Kier molecular flexibility index (Phi) is 7.91. The zero-order valence-electron chi connectivity index (χ0n) is 14.7. The van der Waals surface area contributed by atoms with Crippen molar-refractivity contribution in [2.45, 2.75) is 77.9 Å². The average molecular weight is 308 g/mol. The van der Waals surface area contributed by atoms with E-state index in [-0.39, 0.29) is 5.92 Å². The summed E-state index contributed by atoms with van der Waals surface area (Å²) in [7, 11) is 0. The molecule has 126 valence electrons. The van der Waals surface area contributed by atoms with Gasteiger partial charge in [0.25, 0.3) is 0 Å². The Balaban J connectivity index is 2.85. The molecule has 0 aliphatic heterocycles. The first kappa shape index (κ1) is 19.0. The lowest BCUT2D eigenvalue weighted by molar-refractivity contribution is 0.00637. The number of hydrogen-bond donors (Lipinski definition) is 2. The summed E-state index contributed by atoms with van der Waals surface area (Å²) in [5.74, 6) is 1.54. The van der Waals surface area contributed by atoms with Crippen LogP contribution < -0.4 is 4.74 Å². The zero-order chi connectivity index (χ0) is 16.7. The number of benzene rings is 1. The minimum atomic E-state index is -0.663. The number of hydrogen-bond acceptors (Lipinski definition) is 3. The van der Waals surface area contributed by atoms with E-state index in [1.807, 2.05) is 19.9 Å². The number of aliphatic hydroxyl groups is 2. The van der Waals surface area contributed by atoms with Crippen molar-refractivity contribution in [3.63, 3.8) is 0 Å². The van der Waals surface area contributed by atoms with Crippen molar-refractivity contribution in [1.82, 2.24) is 0 Å². The monoisotopic (exact) mass is 308 g/mol. The van der Waals surface area contributed by atoms with Crippen LogP contribution in [0.2, 0.25) is 0 Å². The van der Waals surface area contributed by atoms with Gasteiger partial charge in [0.05, 0.1) is 18.8 Å². The van der Waals surface area contributed by atoms with E-state index in [9.17, 15) is 10.2 Å². The number of aliphatic hydroxyl groups excluding tert-OH is 2.